The minimum Gasteiger partial charge on any atom is -0.478 e. The summed E-state index contributed by atoms with van der Waals surface area (Å²) in [7, 11) is 4.69. The molecule has 0 aliphatic carbocycles. The van der Waals surface area contributed by atoms with E-state index in [0.717, 1.165) is 15.4 Å². The SMILES string of the molecule is COC(=O)c1ccc(Oc2ccc(SC)cc2)c(CN(C)C(C)=O)c1.CSc1ccc(Oc2ccc(C(=O)O)cc2CN(C)C(C)=O)cc1. The molecule has 0 saturated heterocycles. The van der Waals surface area contributed by atoms with Crippen LogP contribution in [0.5, 0.6) is 23.0 Å². The minimum atomic E-state index is -1.02. The smallest absolute Gasteiger partial charge is 0.337 e. The summed E-state index contributed by atoms with van der Waals surface area (Å²) in [5.41, 5.74) is 1.95. The van der Waals surface area contributed by atoms with Gasteiger partial charge in [0.2, 0.25) is 11.8 Å². The number of ether oxygens (including phenoxy) is 3. The third kappa shape index (κ3) is 11.6. The third-order valence-electron chi connectivity index (χ3n) is 7.25. The van der Waals surface area contributed by atoms with E-state index in [2.05, 4.69) is 0 Å². The van der Waals surface area contributed by atoms with Crippen LogP contribution in [-0.4, -0.2) is 72.4 Å². The molecule has 0 radical (unpaired) electrons. The number of thioether (sulfide) groups is 2. The van der Waals surface area contributed by atoms with Crippen molar-refractivity contribution in [2.24, 2.45) is 0 Å². The lowest BCUT2D eigenvalue weighted by atomic mass is 10.1. The average Bonchev–Trinajstić information content (AvgIpc) is 3.10. The highest BCUT2D eigenvalue weighted by molar-refractivity contribution is 7.98. The molecule has 12 heteroatoms. The highest BCUT2D eigenvalue weighted by Crippen LogP contribution is 2.30. The molecule has 49 heavy (non-hydrogen) atoms. The molecule has 258 valence electrons. The van der Waals surface area contributed by atoms with Crippen LogP contribution >= 0.6 is 23.5 Å². The van der Waals surface area contributed by atoms with Gasteiger partial charge in [0.1, 0.15) is 23.0 Å². The Bertz CT molecular complexity index is 1760. The summed E-state index contributed by atoms with van der Waals surface area (Å²) in [6.45, 7) is 3.56. The summed E-state index contributed by atoms with van der Waals surface area (Å²) < 4.78 is 16.6. The number of carboxylic acids is 1. The molecule has 0 atom stereocenters. The van der Waals surface area contributed by atoms with Gasteiger partial charge >= 0.3 is 11.9 Å². The lowest BCUT2D eigenvalue weighted by Crippen LogP contribution is -2.23. The zero-order chi connectivity index (χ0) is 36.1. The van der Waals surface area contributed by atoms with E-state index in [4.69, 9.17) is 19.3 Å². The second-order valence-electron chi connectivity index (χ2n) is 10.7. The van der Waals surface area contributed by atoms with E-state index in [0.29, 0.717) is 40.7 Å². The maximum atomic E-state index is 11.8. The molecule has 10 nitrogen and oxygen atoms in total. The van der Waals surface area contributed by atoms with E-state index in [9.17, 15) is 19.2 Å². The minimum absolute atomic E-state index is 0.0706. The van der Waals surface area contributed by atoms with Crippen molar-refractivity contribution in [3.63, 3.8) is 0 Å². The van der Waals surface area contributed by atoms with E-state index < -0.39 is 11.9 Å². The molecular weight excluding hydrogens is 665 g/mol. The van der Waals surface area contributed by atoms with E-state index in [1.807, 2.05) is 61.0 Å². The average molecular weight is 705 g/mol. The Hall–Kier alpha value is -4.94. The van der Waals surface area contributed by atoms with Crippen molar-refractivity contribution >= 4 is 47.3 Å². The van der Waals surface area contributed by atoms with E-state index >= 15 is 0 Å². The summed E-state index contributed by atoms with van der Waals surface area (Å²) in [6.07, 6.45) is 4.01. The number of carbonyl (C=O) groups excluding carboxylic acids is 3. The zero-order valence-corrected chi connectivity index (χ0v) is 30.1. The molecule has 1 N–H and O–H groups in total. The summed E-state index contributed by atoms with van der Waals surface area (Å²) >= 11 is 3.29. The number of carboxylic acid groups (broad SMARTS) is 1. The fraction of sp³-hybridized carbons (Fsp3) is 0.243. The molecule has 0 unspecified atom stereocenters. The molecule has 0 saturated carbocycles. The Kier molecular flexibility index (Phi) is 14.6. The number of rotatable bonds is 12. The van der Waals surface area contributed by atoms with Crippen LogP contribution in [0.2, 0.25) is 0 Å². The Labute approximate surface area is 295 Å². The fourth-order valence-corrected chi connectivity index (χ4v) is 5.07. The van der Waals surface area contributed by atoms with Crippen molar-refractivity contribution in [2.45, 2.75) is 36.7 Å². The number of esters is 1. The second kappa shape index (κ2) is 18.6. The maximum Gasteiger partial charge on any atom is 0.337 e. The maximum absolute atomic E-state index is 11.8. The van der Waals surface area contributed by atoms with E-state index in [1.54, 1.807) is 66.8 Å². The lowest BCUT2D eigenvalue weighted by Gasteiger charge is -2.18. The first-order valence-electron chi connectivity index (χ1n) is 15.0. The molecule has 4 rings (SSSR count). The van der Waals surface area contributed by atoms with Crippen LogP contribution in [0.15, 0.2) is 94.7 Å². The number of carbonyl (C=O) groups is 4. The van der Waals surface area contributed by atoms with Crippen molar-refractivity contribution in [2.75, 3.05) is 33.7 Å². The second-order valence-corrected chi connectivity index (χ2v) is 12.5. The van der Waals surface area contributed by atoms with Gasteiger partial charge in [0.15, 0.2) is 0 Å². The van der Waals surface area contributed by atoms with Crippen LogP contribution < -0.4 is 9.47 Å². The number of methoxy groups -OCH3 is 1. The first-order chi connectivity index (χ1) is 23.3. The molecule has 0 aliphatic heterocycles. The molecule has 0 bridgehead atoms. The van der Waals surface area contributed by atoms with E-state index in [-0.39, 0.29) is 23.9 Å². The van der Waals surface area contributed by atoms with Crippen LogP contribution in [0, 0.1) is 0 Å². The first kappa shape index (κ1) is 38.5. The van der Waals surface area contributed by atoms with Crippen molar-refractivity contribution in [1.29, 1.82) is 0 Å². The lowest BCUT2D eigenvalue weighted by molar-refractivity contribution is -0.128. The van der Waals surface area contributed by atoms with E-state index in [1.165, 1.54) is 38.0 Å². The monoisotopic (exact) mass is 704 g/mol. The van der Waals surface area contributed by atoms with Crippen molar-refractivity contribution in [1.82, 2.24) is 9.80 Å². The van der Waals surface area contributed by atoms with Gasteiger partial charge in [-0.05, 0) is 97.4 Å². The number of hydrogen-bond acceptors (Lipinski definition) is 9. The molecule has 0 aromatic heterocycles. The molecule has 0 spiro atoms. The molecule has 4 aromatic carbocycles. The predicted molar refractivity (Wildman–Crippen MR) is 192 cm³/mol. The molecule has 4 aromatic rings. The van der Waals surface area contributed by atoms with Gasteiger partial charge in [-0.3, -0.25) is 9.59 Å². The first-order valence-corrected chi connectivity index (χ1v) is 17.4. The summed E-state index contributed by atoms with van der Waals surface area (Å²) in [5, 5.41) is 9.17. The van der Waals surface area contributed by atoms with Crippen LogP contribution in [0.3, 0.4) is 0 Å². The topological polar surface area (TPSA) is 123 Å². The van der Waals surface area contributed by atoms with Gasteiger partial charge in [-0.15, -0.1) is 23.5 Å². The molecule has 0 heterocycles. The molecule has 0 aliphatic rings. The normalized spacial score (nSPS) is 10.3. The van der Waals surface area contributed by atoms with Gasteiger partial charge in [0.25, 0.3) is 0 Å². The van der Waals surface area contributed by atoms with Gasteiger partial charge in [0, 0.05) is 62.0 Å². The molecule has 2 amide bonds. The van der Waals surface area contributed by atoms with Gasteiger partial charge in [-0.1, -0.05) is 0 Å². The van der Waals surface area contributed by atoms with Gasteiger partial charge in [-0.2, -0.15) is 0 Å². The van der Waals surface area contributed by atoms with Gasteiger partial charge in [-0.25, -0.2) is 9.59 Å². The Morgan fingerprint density at radius 2 is 1.02 bits per heavy atom. The number of nitrogens with zero attached hydrogens (tertiary/aromatic N) is 2. The summed E-state index contributed by atoms with van der Waals surface area (Å²) in [6, 6.07) is 25.0. The van der Waals surface area contributed by atoms with Crippen LogP contribution in [0.1, 0.15) is 45.7 Å². The number of hydrogen-bond donors (Lipinski definition) is 1. The fourth-order valence-electron chi connectivity index (χ4n) is 4.26. The third-order valence-corrected chi connectivity index (χ3v) is 8.74. The van der Waals surface area contributed by atoms with Crippen LogP contribution in [0.4, 0.5) is 0 Å². The quantitative estimate of drug-likeness (QED) is 0.115. The highest BCUT2D eigenvalue weighted by Gasteiger charge is 2.16. The van der Waals surface area contributed by atoms with Crippen molar-refractivity contribution in [3.05, 3.63) is 107 Å². The standard InChI is InChI=1S/C19H21NO4S.C18H19NO4S/c1-13(21)20(2)12-15-11-14(19(22)23-3)5-10-18(15)24-16-6-8-17(25-4)9-7-16;1-12(20)19(2)11-14-10-13(18(21)22)4-9-17(14)23-15-5-7-16(24-3)8-6-15/h5-11H,12H2,1-4H3;4-10H,11H2,1-3H3,(H,21,22). The Balaban J connectivity index is 0.000000266. The highest BCUT2D eigenvalue weighted by atomic mass is 32.2. The van der Waals surface area contributed by atoms with Crippen LogP contribution in [-0.2, 0) is 27.4 Å². The zero-order valence-electron chi connectivity index (χ0n) is 28.5. The van der Waals surface area contributed by atoms with Gasteiger partial charge < -0.3 is 29.1 Å². The molecule has 0 fully saturated rings. The van der Waals surface area contributed by atoms with Crippen molar-refractivity contribution < 1.29 is 38.5 Å². The number of amides is 2. The Morgan fingerprint density at radius 1 is 0.633 bits per heavy atom. The molecular formula is C37H40N2O8S2. The van der Waals surface area contributed by atoms with Crippen LogP contribution in [0.25, 0.3) is 0 Å². The largest absolute Gasteiger partial charge is 0.478 e. The predicted octanol–water partition coefficient (Wildman–Crippen LogP) is 7.84. The van der Waals surface area contributed by atoms with Crippen molar-refractivity contribution in [3.8, 4) is 23.0 Å². The number of aromatic carboxylic acids is 1. The summed E-state index contributed by atoms with van der Waals surface area (Å²) in [4.78, 5) is 51.3. The Morgan fingerprint density at radius 3 is 1.37 bits per heavy atom. The number of benzene rings is 4. The van der Waals surface area contributed by atoms with Gasteiger partial charge in [0.05, 0.1) is 18.2 Å². The summed E-state index contributed by atoms with van der Waals surface area (Å²) in [5.74, 6) is 0.852.